The molecule has 0 aliphatic heterocycles. The summed E-state index contributed by atoms with van der Waals surface area (Å²) in [6, 6.07) is 4.56. The van der Waals surface area contributed by atoms with E-state index in [2.05, 4.69) is 11.9 Å². The van der Waals surface area contributed by atoms with Crippen LogP contribution in [0.15, 0.2) is 36.9 Å². The number of ether oxygens (including phenoxy) is 2. The molecule has 0 radical (unpaired) electrons. The summed E-state index contributed by atoms with van der Waals surface area (Å²) < 4.78 is 10.4. The average molecular weight is 380 g/mol. The summed E-state index contributed by atoms with van der Waals surface area (Å²) in [4.78, 5) is 33.9. The minimum absolute atomic E-state index is 0.0274. The van der Waals surface area contributed by atoms with Crippen LogP contribution in [-0.4, -0.2) is 48.0 Å². The van der Waals surface area contributed by atoms with Gasteiger partial charge in [0.05, 0.1) is 23.5 Å². The first-order chi connectivity index (χ1) is 12.9. The number of rotatable bonds is 13. The van der Waals surface area contributed by atoms with E-state index in [0.29, 0.717) is 6.61 Å². The second kappa shape index (κ2) is 11.8. The summed E-state index contributed by atoms with van der Waals surface area (Å²) in [5, 5.41) is 22.7. The Hall–Kier alpha value is -2.78. The van der Waals surface area contributed by atoms with E-state index in [0.717, 1.165) is 0 Å². The van der Waals surface area contributed by atoms with E-state index in [9.17, 15) is 24.8 Å². The molecule has 2 atom stereocenters. The first-order valence-electron chi connectivity index (χ1n) is 8.43. The summed E-state index contributed by atoms with van der Waals surface area (Å²) in [5.74, 6) is -2.19. The van der Waals surface area contributed by atoms with Crippen molar-refractivity contribution in [2.75, 3.05) is 20.0 Å². The van der Waals surface area contributed by atoms with Gasteiger partial charge in [0.25, 0.3) is 11.6 Å². The van der Waals surface area contributed by atoms with Crippen molar-refractivity contribution in [3.05, 3.63) is 52.6 Å². The molecule has 0 heterocycles. The minimum atomic E-state index is -0.991. The zero-order chi connectivity index (χ0) is 20.2. The molecule has 2 N–H and O–H groups in total. The molecule has 1 rings (SSSR count). The Kier molecular flexibility index (Phi) is 9.70. The Morgan fingerprint density at radius 3 is 2.52 bits per heavy atom. The SMILES string of the molecule is C=CC[C@@H](C[C@@H](COCOCC)NC(=O)c1ccc([N+](=O)[O-])cc1)C(=O)O. The standard InChI is InChI=1S/C18H24N2O7/c1-3-5-14(18(22)23)10-15(11-27-12-26-4-2)19-17(21)13-6-8-16(9-7-13)20(24)25/h3,6-9,14-15H,1,4-5,10-12H2,2H3,(H,19,21)(H,22,23)/t14-,15-/m0/s1. The van der Waals surface area contributed by atoms with Gasteiger partial charge in [-0.2, -0.15) is 0 Å². The number of aliphatic carboxylic acids is 1. The number of carboxylic acid groups (broad SMARTS) is 1. The van der Waals surface area contributed by atoms with Crippen LogP contribution in [0.1, 0.15) is 30.1 Å². The first kappa shape index (κ1) is 22.3. The third-order valence-corrected chi connectivity index (χ3v) is 3.73. The number of allylic oxidation sites excluding steroid dienone is 1. The summed E-state index contributed by atoms with van der Waals surface area (Å²) >= 11 is 0. The number of benzene rings is 1. The molecule has 0 bridgehead atoms. The zero-order valence-corrected chi connectivity index (χ0v) is 15.1. The molecule has 9 nitrogen and oxygen atoms in total. The van der Waals surface area contributed by atoms with Crippen LogP contribution < -0.4 is 5.32 Å². The summed E-state index contributed by atoms with van der Waals surface area (Å²) in [6.45, 7) is 5.92. The van der Waals surface area contributed by atoms with Crippen molar-refractivity contribution in [1.82, 2.24) is 5.32 Å². The van der Waals surface area contributed by atoms with Crippen LogP contribution >= 0.6 is 0 Å². The van der Waals surface area contributed by atoms with E-state index in [1.807, 2.05) is 6.92 Å². The molecule has 0 spiro atoms. The number of hydrogen-bond acceptors (Lipinski definition) is 6. The number of hydrogen-bond donors (Lipinski definition) is 2. The summed E-state index contributed by atoms with van der Waals surface area (Å²) in [6.07, 6.45) is 1.91. The lowest BCUT2D eigenvalue weighted by Gasteiger charge is -2.22. The van der Waals surface area contributed by atoms with Crippen LogP contribution in [0.2, 0.25) is 0 Å². The maximum atomic E-state index is 12.4. The Labute approximate surface area is 157 Å². The lowest BCUT2D eigenvalue weighted by Crippen LogP contribution is -2.40. The molecule has 0 aromatic heterocycles. The second-order valence-corrected chi connectivity index (χ2v) is 5.75. The van der Waals surface area contributed by atoms with Gasteiger partial charge in [-0.15, -0.1) is 6.58 Å². The number of nitrogens with one attached hydrogen (secondary N) is 1. The topological polar surface area (TPSA) is 128 Å². The molecule has 0 aliphatic carbocycles. The number of nitro benzene ring substituents is 1. The van der Waals surface area contributed by atoms with Gasteiger partial charge in [0.15, 0.2) is 0 Å². The van der Waals surface area contributed by atoms with E-state index >= 15 is 0 Å². The van der Waals surface area contributed by atoms with Crippen molar-refractivity contribution in [3.8, 4) is 0 Å². The highest BCUT2D eigenvalue weighted by molar-refractivity contribution is 5.94. The lowest BCUT2D eigenvalue weighted by molar-refractivity contribution is -0.384. The predicted molar refractivity (Wildman–Crippen MR) is 97.4 cm³/mol. The van der Waals surface area contributed by atoms with Gasteiger partial charge in [-0.1, -0.05) is 6.08 Å². The highest BCUT2D eigenvalue weighted by Crippen LogP contribution is 2.15. The van der Waals surface area contributed by atoms with E-state index in [1.54, 1.807) is 0 Å². The minimum Gasteiger partial charge on any atom is -0.481 e. The fraction of sp³-hybridized carbons (Fsp3) is 0.444. The zero-order valence-electron chi connectivity index (χ0n) is 15.1. The van der Waals surface area contributed by atoms with Crippen LogP contribution in [-0.2, 0) is 14.3 Å². The van der Waals surface area contributed by atoms with Gasteiger partial charge in [0.1, 0.15) is 6.79 Å². The number of nitro groups is 1. The van der Waals surface area contributed by atoms with Crippen molar-refractivity contribution in [1.29, 1.82) is 0 Å². The number of nitrogens with zero attached hydrogens (tertiary/aromatic N) is 1. The van der Waals surface area contributed by atoms with E-state index in [4.69, 9.17) is 9.47 Å². The Balaban J connectivity index is 2.80. The molecule has 1 aromatic carbocycles. The molecule has 0 saturated carbocycles. The van der Waals surface area contributed by atoms with Crippen molar-refractivity contribution < 1.29 is 29.1 Å². The highest BCUT2D eigenvalue weighted by Gasteiger charge is 2.23. The average Bonchev–Trinajstić information content (AvgIpc) is 2.64. The molecule has 1 amide bonds. The predicted octanol–water partition coefficient (Wildman–Crippen LogP) is 2.37. The van der Waals surface area contributed by atoms with Gasteiger partial charge in [0.2, 0.25) is 0 Å². The summed E-state index contributed by atoms with van der Waals surface area (Å²) in [5.41, 5.74) is 0.103. The number of carboxylic acids is 1. The molecule has 0 fully saturated rings. The first-order valence-corrected chi connectivity index (χ1v) is 8.43. The number of carbonyl (C=O) groups excluding carboxylic acids is 1. The smallest absolute Gasteiger partial charge is 0.306 e. The lowest BCUT2D eigenvalue weighted by atomic mass is 9.96. The molecule has 9 heteroatoms. The van der Waals surface area contributed by atoms with Crippen molar-refractivity contribution in [2.24, 2.45) is 5.92 Å². The maximum Gasteiger partial charge on any atom is 0.306 e. The van der Waals surface area contributed by atoms with E-state index in [1.165, 1.54) is 30.3 Å². The van der Waals surface area contributed by atoms with Crippen LogP contribution in [0.4, 0.5) is 5.69 Å². The molecule has 27 heavy (non-hydrogen) atoms. The third kappa shape index (κ3) is 7.97. The van der Waals surface area contributed by atoms with E-state index in [-0.39, 0.29) is 37.5 Å². The molecule has 0 aliphatic rings. The monoisotopic (exact) mass is 380 g/mol. The molecule has 0 unspecified atom stereocenters. The number of amides is 1. The number of carbonyl (C=O) groups is 2. The summed E-state index contributed by atoms with van der Waals surface area (Å²) in [7, 11) is 0. The highest BCUT2D eigenvalue weighted by atomic mass is 16.7. The fourth-order valence-electron chi connectivity index (χ4n) is 2.35. The van der Waals surface area contributed by atoms with Crippen LogP contribution in [0.5, 0.6) is 0 Å². The van der Waals surface area contributed by atoms with Crippen LogP contribution in [0.3, 0.4) is 0 Å². The largest absolute Gasteiger partial charge is 0.481 e. The van der Waals surface area contributed by atoms with Gasteiger partial charge < -0.3 is 19.9 Å². The van der Waals surface area contributed by atoms with Gasteiger partial charge in [-0.25, -0.2) is 0 Å². The van der Waals surface area contributed by atoms with Crippen LogP contribution in [0, 0.1) is 16.0 Å². The van der Waals surface area contributed by atoms with Gasteiger partial charge in [-0.3, -0.25) is 19.7 Å². The maximum absolute atomic E-state index is 12.4. The number of non-ortho nitro benzene ring substituents is 1. The van der Waals surface area contributed by atoms with Crippen molar-refractivity contribution >= 4 is 17.6 Å². The normalized spacial score (nSPS) is 12.8. The van der Waals surface area contributed by atoms with Gasteiger partial charge >= 0.3 is 5.97 Å². The Morgan fingerprint density at radius 1 is 1.33 bits per heavy atom. The van der Waals surface area contributed by atoms with Crippen molar-refractivity contribution in [3.63, 3.8) is 0 Å². The molecule has 1 aromatic rings. The molecule has 148 valence electrons. The Bertz CT molecular complexity index is 646. The molecular weight excluding hydrogens is 356 g/mol. The second-order valence-electron chi connectivity index (χ2n) is 5.75. The quantitative estimate of drug-likeness (QED) is 0.177. The van der Waals surface area contributed by atoms with Crippen LogP contribution in [0.25, 0.3) is 0 Å². The van der Waals surface area contributed by atoms with E-state index < -0.39 is 28.8 Å². The fourth-order valence-corrected chi connectivity index (χ4v) is 2.35. The third-order valence-electron chi connectivity index (χ3n) is 3.73. The van der Waals surface area contributed by atoms with Gasteiger partial charge in [0, 0.05) is 24.3 Å². The molecular formula is C18H24N2O7. The van der Waals surface area contributed by atoms with Crippen molar-refractivity contribution in [2.45, 2.75) is 25.8 Å². The molecule has 0 saturated heterocycles. The van der Waals surface area contributed by atoms with Gasteiger partial charge in [-0.05, 0) is 31.9 Å². The Morgan fingerprint density at radius 2 is 2.00 bits per heavy atom.